The predicted molar refractivity (Wildman–Crippen MR) is 19.6 cm³/mol. The summed E-state index contributed by atoms with van der Waals surface area (Å²) in [4.78, 5) is 0. The van der Waals surface area contributed by atoms with Gasteiger partial charge in [-0.15, -0.1) is 0 Å². The first-order valence-electron chi connectivity index (χ1n) is 0.854. The van der Waals surface area contributed by atoms with Crippen LogP contribution in [0.15, 0.2) is 6.58 Å². The maximum Gasteiger partial charge on any atom is -0.0401 e. The molecule has 0 aromatic carbocycles. The molecule has 0 bridgehead atoms. The van der Waals surface area contributed by atoms with Crippen molar-refractivity contribution < 1.29 is 0 Å². The summed E-state index contributed by atoms with van der Waals surface area (Å²) >= 11 is 0. The van der Waals surface area contributed by atoms with Gasteiger partial charge in [0.05, 0.1) is 0 Å². The van der Waals surface area contributed by atoms with Crippen molar-refractivity contribution in [3.05, 3.63) is 12.7 Å². The molecular weight excluding hydrogens is 50.0 g/mol. The Morgan fingerprint density at radius 1 is 1.75 bits per heavy atom. The lowest BCUT2D eigenvalue weighted by molar-refractivity contribution is 1.71. The average Bonchev–Trinajstić information content (AvgIpc) is 0.918. The third kappa shape index (κ3) is 9.26. The van der Waals surface area contributed by atoms with E-state index in [1.54, 1.807) is 6.92 Å². The molecule has 3 N–H and O–H groups in total. The fourth-order valence-electron chi connectivity index (χ4n) is 0. The molecule has 0 spiro atoms. The first kappa shape index (κ1) is 9.33. The molecule has 1 radical (unpaired) electrons. The molecule has 4 heavy (non-hydrogen) atoms. The molecule has 0 rings (SSSR count). The van der Waals surface area contributed by atoms with Gasteiger partial charge in [-0.1, -0.05) is 12.7 Å². The SMILES string of the molecule is C=[C]C.N. The fraction of sp³-hybridized carbons (Fsp3) is 0.333. The lowest BCUT2D eigenvalue weighted by Gasteiger charge is -1.28. The zero-order valence-electron chi connectivity index (χ0n) is 2.91. The largest absolute Gasteiger partial charge is 0.344 e. The van der Waals surface area contributed by atoms with Gasteiger partial charge < -0.3 is 6.15 Å². The van der Waals surface area contributed by atoms with Crippen molar-refractivity contribution in [1.29, 1.82) is 0 Å². The molecule has 0 aliphatic carbocycles. The summed E-state index contributed by atoms with van der Waals surface area (Å²) in [6, 6.07) is 0. The summed E-state index contributed by atoms with van der Waals surface area (Å²) < 4.78 is 0. The van der Waals surface area contributed by atoms with Gasteiger partial charge in [-0.25, -0.2) is 0 Å². The highest BCUT2D eigenvalue weighted by Gasteiger charge is 1.17. The molecule has 0 aromatic heterocycles. The summed E-state index contributed by atoms with van der Waals surface area (Å²) in [6.45, 7) is 5.00. The summed E-state index contributed by atoms with van der Waals surface area (Å²) in [5, 5.41) is 0. The van der Waals surface area contributed by atoms with E-state index in [1.165, 1.54) is 0 Å². The quantitative estimate of drug-likeness (QED) is 0.445. The molecule has 0 fully saturated rings. The van der Waals surface area contributed by atoms with Crippen LogP contribution < -0.4 is 6.15 Å². The van der Waals surface area contributed by atoms with E-state index >= 15 is 0 Å². The van der Waals surface area contributed by atoms with Gasteiger partial charge in [-0.2, -0.15) is 0 Å². The number of hydrogen-bond acceptors (Lipinski definition) is 1. The monoisotopic (exact) mass is 58.1 g/mol. The molecule has 0 aliphatic heterocycles. The molecule has 0 aliphatic rings. The van der Waals surface area contributed by atoms with Crippen LogP contribution in [0.25, 0.3) is 0 Å². The summed E-state index contributed by atoms with van der Waals surface area (Å²) in [5.74, 6) is 0. The van der Waals surface area contributed by atoms with Crippen molar-refractivity contribution >= 4 is 0 Å². The highest BCUT2D eigenvalue weighted by atomic mass is 14.0. The average molecular weight is 58.1 g/mol. The van der Waals surface area contributed by atoms with Crippen molar-refractivity contribution in [2.75, 3.05) is 0 Å². The fourth-order valence-corrected chi connectivity index (χ4v) is 0. The van der Waals surface area contributed by atoms with Crippen LogP contribution in [0.1, 0.15) is 6.92 Å². The van der Waals surface area contributed by atoms with Gasteiger partial charge in [-0.05, 0) is 6.92 Å². The molecule has 0 aromatic rings. The molecule has 0 unspecified atom stereocenters. The van der Waals surface area contributed by atoms with Crippen LogP contribution in [0.5, 0.6) is 0 Å². The second-order valence-corrected chi connectivity index (χ2v) is 0.354. The molecule has 0 saturated carbocycles. The van der Waals surface area contributed by atoms with Crippen LogP contribution in [0.2, 0.25) is 0 Å². The van der Waals surface area contributed by atoms with Crippen molar-refractivity contribution in [1.82, 2.24) is 6.15 Å². The van der Waals surface area contributed by atoms with Crippen molar-refractivity contribution in [3.8, 4) is 0 Å². The van der Waals surface area contributed by atoms with E-state index < -0.39 is 0 Å². The van der Waals surface area contributed by atoms with Gasteiger partial charge in [0.25, 0.3) is 0 Å². The van der Waals surface area contributed by atoms with Crippen LogP contribution in [0, 0.1) is 6.08 Å². The second kappa shape index (κ2) is 15.9. The van der Waals surface area contributed by atoms with E-state index in [2.05, 4.69) is 12.7 Å². The molecule has 25 valence electrons. The minimum absolute atomic E-state index is 0. The molecule has 0 heterocycles. The highest BCUT2D eigenvalue weighted by Crippen LogP contribution is 1.34. The van der Waals surface area contributed by atoms with Crippen LogP contribution >= 0.6 is 0 Å². The number of allylic oxidation sites excluding steroid dienone is 1. The first-order chi connectivity index (χ1) is 1.41. The Morgan fingerprint density at radius 3 is 1.75 bits per heavy atom. The maximum atomic E-state index is 3.24. The topological polar surface area (TPSA) is 35.0 Å². The Morgan fingerprint density at radius 2 is 1.75 bits per heavy atom. The van der Waals surface area contributed by atoms with Crippen LogP contribution in [0.4, 0.5) is 0 Å². The van der Waals surface area contributed by atoms with Crippen LogP contribution in [-0.4, -0.2) is 0 Å². The lowest BCUT2D eigenvalue weighted by Crippen LogP contribution is -1.11. The standard InChI is InChI=1S/C3H5.H3N/c1-3-2;/h1H2,2H3;1H3. The normalized spacial score (nSPS) is 3.25. The lowest BCUT2D eigenvalue weighted by atomic mass is 10.8. The predicted octanol–water partition coefficient (Wildman–Crippen LogP) is 1.16. The summed E-state index contributed by atoms with van der Waals surface area (Å²) in [5.41, 5.74) is 0. The number of rotatable bonds is 0. The third-order valence-electron chi connectivity index (χ3n) is 0. The zero-order valence-corrected chi connectivity index (χ0v) is 2.91. The summed E-state index contributed by atoms with van der Waals surface area (Å²) in [6.07, 6.45) is 2.50. The highest BCUT2D eigenvalue weighted by molar-refractivity contribution is 4.37. The van der Waals surface area contributed by atoms with Crippen LogP contribution in [-0.2, 0) is 0 Å². The Balaban J connectivity index is 0. The van der Waals surface area contributed by atoms with Gasteiger partial charge >= 0.3 is 0 Å². The summed E-state index contributed by atoms with van der Waals surface area (Å²) in [7, 11) is 0. The smallest absolute Gasteiger partial charge is 0.0401 e. The van der Waals surface area contributed by atoms with Gasteiger partial charge in [0, 0.05) is 0 Å². The van der Waals surface area contributed by atoms with E-state index in [0.717, 1.165) is 0 Å². The van der Waals surface area contributed by atoms with E-state index in [0.29, 0.717) is 0 Å². The molecular formula is C3H8N. The molecule has 1 heteroatoms. The first-order valence-corrected chi connectivity index (χ1v) is 0.854. The van der Waals surface area contributed by atoms with Gasteiger partial charge in [0.2, 0.25) is 0 Å². The van der Waals surface area contributed by atoms with Gasteiger partial charge in [0.1, 0.15) is 0 Å². The Labute approximate surface area is 26.9 Å². The number of hydrogen-bond donors (Lipinski definition) is 1. The van der Waals surface area contributed by atoms with Gasteiger partial charge in [-0.3, -0.25) is 0 Å². The van der Waals surface area contributed by atoms with Crippen LogP contribution in [0.3, 0.4) is 0 Å². The van der Waals surface area contributed by atoms with Crippen molar-refractivity contribution in [2.24, 2.45) is 0 Å². The van der Waals surface area contributed by atoms with Gasteiger partial charge in [0.15, 0.2) is 0 Å². The maximum absolute atomic E-state index is 3.24. The molecule has 1 nitrogen and oxygen atoms in total. The second-order valence-electron chi connectivity index (χ2n) is 0.354. The van der Waals surface area contributed by atoms with Crippen molar-refractivity contribution in [3.63, 3.8) is 0 Å². The minimum Gasteiger partial charge on any atom is -0.344 e. The van der Waals surface area contributed by atoms with Crippen molar-refractivity contribution in [2.45, 2.75) is 6.92 Å². The van der Waals surface area contributed by atoms with E-state index in [4.69, 9.17) is 0 Å². The third-order valence-corrected chi connectivity index (χ3v) is 0. The van der Waals surface area contributed by atoms with E-state index in [-0.39, 0.29) is 6.15 Å². The Bertz CT molecular complexity index is 10.8. The van der Waals surface area contributed by atoms with E-state index in [9.17, 15) is 0 Å². The Hall–Kier alpha value is -0.300. The van der Waals surface area contributed by atoms with E-state index in [1.807, 2.05) is 0 Å². The zero-order chi connectivity index (χ0) is 2.71. The Kier molecular flexibility index (Phi) is 37.2. The minimum atomic E-state index is 0. The molecule has 0 amide bonds. The molecule has 0 saturated heterocycles. The molecule has 0 atom stereocenters.